The van der Waals surface area contributed by atoms with Crippen molar-refractivity contribution in [2.24, 2.45) is 10.8 Å². The molecule has 0 N–H and O–H groups in total. The lowest BCUT2D eigenvalue weighted by Crippen LogP contribution is -2.40. The zero-order valence-electron chi connectivity index (χ0n) is 14.8. The molecule has 23 heavy (non-hydrogen) atoms. The van der Waals surface area contributed by atoms with Crippen LogP contribution in [0.15, 0.2) is 24.3 Å². The van der Waals surface area contributed by atoms with Crippen LogP contribution in [0.3, 0.4) is 0 Å². The Bertz CT molecular complexity index is 548. The molecule has 1 aromatic rings. The van der Waals surface area contributed by atoms with Crippen LogP contribution in [0.2, 0.25) is 0 Å². The number of rotatable bonds is 5. The second-order valence-electron chi connectivity index (χ2n) is 7.59. The highest BCUT2D eigenvalue weighted by atomic mass is 16.5. The van der Waals surface area contributed by atoms with Gasteiger partial charge in [-0.25, -0.2) is 0 Å². The number of fused-ring (bicyclic) bond motifs is 3. The standard InChI is InChI=1S/C22H30O/c1-3-5-11-21-13-16-22(17-14-21,18-15-21)12-10-19-6-8-20(9-7-19)23-4-2/h6-9H,3-5,11,13-18H2,1-2H3. The molecule has 1 nitrogen and oxygen atoms in total. The summed E-state index contributed by atoms with van der Waals surface area (Å²) in [6.45, 7) is 5.04. The van der Waals surface area contributed by atoms with Crippen LogP contribution in [0.25, 0.3) is 0 Å². The van der Waals surface area contributed by atoms with Crippen molar-refractivity contribution >= 4 is 0 Å². The van der Waals surface area contributed by atoms with E-state index in [1.54, 1.807) is 0 Å². The molecule has 0 spiro atoms. The summed E-state index contributed by atoms with van der Waals surface area (Å²) in [6.07, 6.45) is 12.4. The fourth-order valence-corrected chi connectivity index (χ4v) is 4.38. The average Bonchev–Trinajstić information content (AvgIpc) is 2.62. The molecule has 0 heterocycles. The van der Waals surface area contributed by atoms with E-state index >= 15 is 0 Å². The number of unbranched alkanes of at least 4 members (excludes halogenated alkanes) is 1. The van der Waals surface area contributed by atoms with Gasteiger partial charge in [-0.3, -0.25) is 0 Å². The first kappa shape index (κ1) is 16.4. The molecule has 0 radical (unpaired) electrons. The second-order valence-corrected chi connectivity index (χ2v) is 7.59. The summed E-state index contributed by atoms with van der Waals surface area (Å²) in [5, 5.41) is 0. The molecule has 0 atom stereocenters. The maximum Gasteiger partial charge on any atom is 0.119 e. The summed E-state index contributed by atoms with van der Waals surface area (Å²) < 4.78 is 5.50. The van der Waals surface area contributed by atoms with Gasteiger partial charge in [-0.05, 0) is 81.5 Å². The molecule has 0 unspecified atom stereocenters. The third-order valence-electron chi connectivity index (χ3n) is 6.10. The third-order valence-corrected chi connectivity index (χ3v) is 6.10. The Kier molecular flexibility index (Phi) is 5.00. The second kappa shape index (κ2) is 7.00. The lowest BCUT2D eigenvalue weighted by atomic mass is 9.53. The predicted molar refractivity (Wildman–Crippen MR) is 96.6 cm³/mol. The molecule has 4 rings (SSSR count). The largest absolute Gasteiger partial charge is 0.494 e. The number of benzene rings is 1. The Morgan fingerprint density at radius 3 is 2.17 bits per heavy atom. The van der Waals surface area contributed by atoms with Gasteiger partial charge < -0.3 is 4.74 Å². The van der Waals surface area contributed by atoms with E-state index in [1.807, 2.05) is 19.1 Å². The summed E-state index contributed by atoms with van der Waals surface area (Å²) in [5.74, 6) is 8.06. The van der Waals surface area contributed by atoms with Crippen molar-refractivity contribution in [3.63, 3.8) is 0 Å². The molecule has 0 aromatic heterocycles. The fraction of sp³-hybridized carbons (Fsp3) is 0.636. The molecule has 1 heteroatoms. The van der Waals surface area contributed by atoms with Crippen LogP contribution >= 0.6 is 0 Å². The van der Waals surface area contributed by atoms with Gasteiger partial charge in [0.05, 0.1) is 6.61 Å². The van der Waals surface area contributed by atoms with Gasteiger partial charge in [0, 0.05) is 11.0 Å². The first-order chi connectivity index (χ1) is 11.2. The minimum atomic E-state index is 0.312. The summed E-state index contributed by atoms with van der Waals surface area (Å²) in [5.41, 5.74) is 2.11. The Balaban J connectivity index is 1.64. The Morgan fingerprint density at radius 1 is 0.957 bits per heavy atom. The van der Waals surface area contributed by atoms with Crippen molar-refractivity contribution in [1.82, 2.24) is 0 Å². The molecule has 3 aliphatic rings. The normalized spacial score (nSPS) is 29.0. The van der Waals surface area contributed by atoms with Gasteiger partial charge in [-0.1, -0.05) is 31.6 Å². The van der Waals surface area contributed by atoms with E-state index in [1.165, 1.54) is 57.8 Å². The van der Waals surface area contributed by atoms with E-state index in [-0.39, 0.29) is 0 Å². The first-order valence-corrected chi connectivity index (χ1v) is 9.45. The van der Waals surface area contributed by atoms with Gasteiger partial charge in [-0.2, -0.15) is 0 Å². The van der Waals surface area contributed by atoms with E-state index in [0.717, 1.165) is 11.3 Å². The van der Waals surface area contributed by atoms with E-state index in [0.29, 0.717) is 17.4 Å². The van der Waals surface area contributed by atoms with Crippen LogP contribution in [0.5, 0.6) is 5.75 Å². The number of hydrogen-bond donors (Lipinski definition) is 0. The zero-order chi connectivity index (χ0) is 16.2. The maximum atomic E-state index is 5.50. The highest BCUT2D eigenvalue weighted by Crippen LogP contribution is 2.58. The molecule has 3 fully saturated rings. The van der Waals surface area contributed by atoms with Gasteiger partial charge in [-0.15, -0.1) is 0 Å². The molecular formula is C22H30O. The van der Waals surface area contributed by atoms with E-state index in [4.69, 9.17) is 4.74 Å². The monoisotopic (exact) mass is 310 g/mol. The highest BCUT2D eigenvalue weighted by Gasteiger charge is 2.47. The van der Waals surface area contributed by atoms with Gasteiger partial charge in [0.25, 0.3) is 0 Å². The molecule has 1 aromatic carbocycles. The minimum Gasteiger partial charge on any atom is -0.494 e. The Morgan fingerprint density at radius 2 is 1.61 bits per heavy atom. The Hall–Kier alpha value is -1.42. The lowest BCUT2D eigenvalue weighted by molar-refractivity contribution is 0.0189. The van der Waals surface area contributed by atoms with Gasteiger partial charge in [0.1, 0.15) is 5.75 Å². The molecule has 2 bridgehead atoms. The van der Waals surface area contributed by atoms with Crippen LogP contribution < -0.4 is 4.74 Å². The van der Waals surface area contributed by atoms with Crippen molar-refractivity contribution in [2.75, 3.05) is 6.61 Å². The van der Waals surface area contributed by atoms with E-state index in [2.05, 4.69) is 30.9 Å². The molecule has 0 aliphatic heterocycles. The summed E-state index contributed by atoms with van der Waals surface area (Å²) in [7, 11) is 0. The third kappa shape index (κ3) is 3.74. The molecule has 0 amide bonds. The van der Waals surface area contributed by atoms with Crippen LogP contribution in [-0.2, 0) is 0 Å². The molecule has 3 aliphatic carbocycles. The number of ether oxygens (including phenoxy) is 1. The van der Waals surface area contributed by atoms with Gasteiger partial charge in [0.15, 0.2) is 0 Å². The summed E-state index contributed by atoms with van der Waals surface area (Å²) in [6, 6.07) is 8.24. The van der Waals surface area contributed by atoms with Crippen LogP contribution in [-0.4, -0.2) is 6.61 Å². The SMILES string of the molecule is CCCCC12CCC(C#Cc3ccc(OCC)cc3)(CC1)CC2. The lowest BCUT2D eigenvalue weighted by Gasteiger charge is -2.51. The quantitative estimate of drug-likeness (QED) is 0.609. The summed E-state index contributed by atoms with van der Waals surface area (Å²) in [4.78, 5) is 0. The topological polar surface area (TPSA) is 9.23 Å². The summed E-state index contributed by atoms with van der Waals surface area (Å²) >= 11 is 0. The molecule has 124 valence electrons. The zero-order valence-corrected chi connectivity index (χ0v) is 14.8. The molecule has 0 saturated heterocycles. The van der Waals surface area contributed by atoms with E-state index < -0.39 is 0 Å². The van der Waals surface area contributed by atoms with Crippen molar-refractivity contribution < 1.29 is 4.74 Å². The Labute approximate surface area is 141 Å². The highest BCUT2D eigenvalue weighted by molar-refractivity contribution is 5.39. The van der Waals surface area contributed by atoms with Gasteiger partial charge >= 0.3 is 0 Å². The number of hydrogen-bond acceptors (Lipinski definition) is 1. The minimum absolute atomic E-state index is 0.312. The van der Waals surface area contributed by atoms with E-state index in [9.17, 15) is 0 Å². The van der Waals surface area contributed by atoms with Crippen molar-refractivity contribution in [2.45, 2.75) is 71.6 Å². The van der Waals surface area contributed by atoms with Crippen LogP contribution in [0.1, 0.15) is 77.2 Å². The maximum absolute atomic E-state index is 5.50. The average molecular weight is 310 g/mol. The van der Waals surface area contributed by atoms with Crippen molar-refractivity contribution in [1.29, 1.82) is 0 Å². The molecular weight excluding hydrogens is 280 g/mol. The predicted octanol–water partition coefficient (Wildman–Crippen LogP) is 5.97. The smallest absolute Gasteiger partial charge is 0.119 e. The van der Waals surface area contributed by atoms with Crippen molar-refractivity contribution in [3.05, 3.63) is 29.8 Å². The fourth-order valence-electron chi connectivity index (χ4n) is 4.38. The first-order valence-electron chi connectivity index (χ1n) is 9.45. The van der Waals surface area contributed by atoms with Crippen LogP contribution in [0.4, 0.5) is 0 Å². The van der Waals surface area contributed by atoms with Crippen LogP contribution in [0, 0.1) is 22.7 Å². The van der Waals surface area contributed by atoms with Crippen molar-refractivity contribution in [3.8, 4) is 17.6 Å². The van der Waals surface area contributed by atoms with Gasteiger partial charge in [0.2, 0.25) is 0 Å². The molecule has 3 saturated carbocycles.